The second-order valence-corrected chi connectivity index (χ2v) is 8.15. The van der Waals surface area contributed by atoms with Crippen LogP contribution < -0.4 is 21.1 Å². The summed E-state index contributed by atoms with van der Waals surface area (Å²) in [7, 11) is 0. The highest BCUT2D eigenvalue weighted by molar-refractivity contribution is 6.04. The molecule has 0 aliphatic carbocycles. The zero-order chi connectivity index (χ0) is 21.3. The molecule has 2 atom stereocenters. The number of aryl methyl sites for hydroxylation is 1. The van der Waals surface area contributed by atoms with Crippen molar-refractivity contribution in [2.24, 2.45) is 5.92 Å². The highest BCUT2D eigenvalue weighted by Gasteiger charge is 2.35. The summed E-state index contributed by atoms with van der Waals surface area (Å²) in [5.74, 6) is -0.438. The molecule has 0 saturated carbocycles. The Balaban J connectivity index is 1.65. The average molecular weight is 409 g/mol. The van der Waals surface area contributed by atoms with Crippen molar-refractivity contribution < 1.29 is 9.59 Å². The third-order valence-corrected chi connectivity index (χ3v) is 5.87. The fourth-order valence-corrected chi connectivity index (χ4v) is 4.29. The van der Waals surface area contributed by atoms with E-state index in [9.17, 15) is 14.4 Å². The number of aromatic nitrogens is 2. The molecule has 1 fully saturated rings. The molecule has 1 aromatic heterocycles. The maximum Gasteiger partial charge on any atom is 0.258 e. The number of para-hydroxylation sites is 1. The van der Waals surface area contributed by atoms with Gasteiger partial charge in [-0.05, 0) is 36.8 Å². The molecule has 4 rings (SSSR count). The first kappa shape index (κ1) is 20.1. The minimum atomic E-state index is -0.885. The summed E-state index contributed by atoms with van der Waals surface area (Å²) in [6, 6.07) is 7.52. The molecule has 0 unspecified atom stereocenters. The van der Waals surface area contributed by atoms with Gasteiger partial charge in [0.05, 0.1) is 11.5 Å². The second-order valence-electron chi connectivity index (χ2n) is 8.15. The number of amides is 2. The van der Waals surface area contributed by atoms with Gasteiger partial charge in [-0.2, -0.15) is 4.98 Å². The number of carbonyl (C=O) groups is 2. The Bertz CT molecular complexity index is 1030. The molecule has 2 amide bonds. The van der Waals surface area contributed by atoms with Crippen molar-refractivity contribution in [3.8, 4) is 0 Å². The largest absolute Gasteiger partial charge is 0.342 e. The standard InChI is InChI=1S/C22H27N5O3/c1-3-14-8-4-5-9-16(14)23-20(29)15-11-17(28)24-19-18(15)21(30)26-22(25-19)27-10-6-7-13(2)12-27/h4-5,8-9,13,15H,3,6-7,10-12H2,1-2H3,(H,23,29)(H2,24,25,26,28,30)/t13-,15-/m1/s1. The lowest BCUT2D eigenvalue weighted by molar-refractivity contribution is -0.123. The van der Waals surface area contributed by atoms with Crippen molar-refractivity contribution >= 4 is 29.3 Å². The van der Waals surface area contributed by atoms with Crippen molar-refractivity contribution in [2.45, 2.75) is 45.4 Å². The summed E-state index contributed by atoms with van der Waals surface area (Å²) in [4.78, 5) is 47.7. The SMILES string of the molecule is CCc1ccccc1NC(=O)[C@@H]1CC(=O)Nc2nc(N3CCC[C@@H](C)C3)[nH]c(=O)c21. The number of rotatable bonds is 4. The Morgan fingerprint density at radius 1 is 1.30 bits per heavy atom. The van der Waals surface area contributed by atoms with E-state index in [0.717, 1.165) is 37.9 Å². The van der Waals surface area contributed by atoms with Gasteiger partial charge in [0.2, 0.25) is 17.8 Å². The van der Waals surface area contributed by atoms with Gasteiger partial charge in [0, 0.05) is 25.2 Å². The molecule has 8 nitrogen and oxygen atoms in total. The first-order valence-electron chi connectivity index (χ1n) is 10.5. The quantitative estimate of drug-likeness (QED) is 0.720. The topological polar surface area (TPSA) is 107 Å². The fraction of sp³-hybridized carbons (Fsp3) is 0.455. The van der Waals surface area contributed by atoms with Crippen molar-refractivity contribution in [2.75, 3.05) is 28.6 Å². The van der Waals surface area contributed by atoms with Crippen LogP contribution in [0, 0.1) is 5.92 Å². The van der Waals surface area contributed by atoms with Crippen LogP contribution in [0.5, 0.6) is 0 Å². The lowest BCUT2D eigenvalue weighted by atomic mass is 9.92. The Labute approximate surface area is 175 Å². The summed E-state index contributed by atoms with van der Waals surface area (Å²) < 4.78 is 0. The number of benzene rings is 1. The Morgan fingerprint density at radius 2 is 2.10 bits per heavy atom. The van der Waals surface area contributed by atoms with Crippen molar-refractivity contribution in [1.29, 1.82) is 0 Å². The number of aromatic amines is 1. The van der Waals surface area contributed by atoms with Gasteiger partial charge < -0.3 is 15.5 Å². The average Bonchev–Trinajstić information content (AvgIpc) is 2.73. The maximum atomic E-state index is 13.0. The van der Waals surface area contributed by atoms with Crippen molar-refractivity contribution in [3.05, 3.63) is 45.7 Å². The molecule has 0 radical (unpaired) electrons. The van der Waals surface area contributed by atoms with Gasteiger partial charge in [0.15, 0.2) is 0 Å². The number of piperidine rings is 1. The number of nitrogens with zero attached hydrogens (tertiary/aromatic N) is 2. The van der Waals surface area contributed by atoms with E-state index < -0.39 is 5.92 Å². The van der Waals surface area contributed by atoms with E-state index in [1.165, 1.54) is 0 Å². The molecule has 1 saturated heterocycles. The molecule has 0 spiro atoms. The first-order valence-corrected chi connectivity index (χ1v) is 10.5. The fourth-order valence-electron chi connectivity index (χ4n) is 4.29. The molecule has 2 aliphatic heterocycles. The summed E-state index contributed by atoms with van der Waals surface area (Å²) in [6.45, 7) is 5.77. The Kier molecular flexibility index (Phi) is 5.57. The molecular formula is C22H27N5O3. The molecule has 158 valence electrons. The molecule has 1 aromatic carbocycles. The normalized spacial score (nSPS) is 21.0. The number of carbonyl (C=O) groups excluding carboxylic acids is 2. The van der Waals surface area contributed by atoms with E-state index in [4.69, 9.17) is 0 Å². The van der Waals surface area contributed by atoms with E-state index >= 15 is 0 Å². The molecule has 0 bridgehead atoms. The van der Waals surface area contributed by atoms with Gasteiger partial charge in [0.1, 0.15) is 5.82 Å². The second kappa shape index (κ2) is 8.30. The number of nitrogens with one attached hydrogen (secondary N) is 3. The van der Waals surface area contributed by atoms with Crippen LogP contribution >= 0.6 is 0 Å². The van der Waals surface area contributed by atoms with Crippen LogP contribution in [0.25, 0.3) is 0 Å². The van der Waals surface area contributed by atoms with Crippen LogP contribution in [0.1, 0.15) is 50.2 Å². The highest BCUT2D eigenvalue weighted by atomic mass is 16.2. The zero-order valence-corrected chi connectivity index (χ0v) is 17.3. The summed E-state index contributed by atoms with van der Waals surface area (Å²) in [5, 5.41) is 5.58. The third-order valence-electron chi connectivity index (χ3n) is 5.87. The van der Waals surface area contributed by atoms with Gasteiger partial charge in [-0.25, -0.2) is 0 Å². The lowest BCUT2D eigenvalue weighted by Gasteiger charge is -2.32. The van der Waals surface area contributed by atoms with Crippen LogP contribution in [-0.4, -0.2) is 34.9 Å². The van der Waals surface area contributed by atoms with Gasteiger partial charge in [0.25, 0.3) is 5.56 Å². The van der Waals surface area contributed by atoms with Gasteiger partial charge in [-0.15, -0.1) is 0 Å². The van der Waals surface area contributed by atoms with E-state index in [-0.39, 0.29) is 35.2 Å². The lowest BCUT2D eigenvalue weighted by Crippen LogP contribution is -2.40. The summed E-state index contributed by atoms with van der Waals surface area (Å²) >= 11 is 0. The third kappa shape index (κ3) is 3.94. The monoisotopic (exact) mass is 409 g/mol. The number of H-pyrrole nitrogens is 1. The van der Waals surface area contributed by atoms with E-state index in [1.54, 1.807) is 0 Å². The molecule has 2 aromatic rings. The number of fused-ring (bicyclic) bond motifs is 1. The van der Waals surface area contributed by atoms with Gasteiger partial charge in [-0.1, -0.05) is 32.0 Å². The Morgan fingerprint density at radius 3 is 2.87 bits per heavy atom. The van der Waals surface area contributed by atoms with Crippen molar-refractivity contribution in [1.82, 2.24) is 9.97 Å². The Hall–Kier alpha value is -3.16. The molecular weight excluding hydrogens is 382 g/mol. The number of hydrogen-bond donors (Lipinski definition) is 3. The van der Waals surface area contributed by atoms with E-state index in [0.29, 0.717) is 17.6 Å². The molecule has 3 heterocycles. The predicted octanol–water partition coefficient (Wildman–Crippen LogP) is 2.63. The molecule has 3 N–H and O–H groups in total. The summed E-state index contributed by atoms with van der Waals surface area (Å²) in [5.41, 5.74) is 1.53. The van der Waals surface area contributed by atoms with E-state index in [1.807, 2.05) is 36.1 Å². The maximum absolute atomic E-state index is 13.0. The zero-order valence-electron chi connectivity index (χ0n) is 17.3. The van der Waals surface area contributed by atoms with Gasteiger partial charge >= 0.3 is 0 Å². The number of anilines is 3. The van der Waals surface area contributed by atoms with Gasteiger partial charge in [-0.3, -0.25) is 19.4 Å². The summed E-state index contributed by atoms with van der Waals surface area (Å²) in [6.07, 6.45) is 2.84. The minimum Gasteiger partial charge on any atom is -0.342 e. The minimum absolute atomic E-state index is 0.0853. The van der Waals surface area contributed by atoms with Crippen molar-refractivity contribution in [3.63, 3.8) is 0 Å². The molecule has 30 heavy (non-hydrogen) atoms. The first-order chi connectivity index (χ1) is 14.5. The van der Waals surface area contributed by atoms with Crippen LogP contribution in [0.3, 0.4) is 0 Å². The number of hydrogen-bond acceptors (Lipinski definition) is 5. The predicted molar refractivity (Wildman–Crippen MR) is 116 cm³/mol. The van der Waals surface area contributed by atoms with Crippen LogP contribution in [0.15, 0.2) is 29.1 Å². The van der Waals surface area contributed by atoms with Crippen LogP contribution in [-0.2, 0) is 16.0 Å². The van der Waals surface area contributed by atoms with Crippen LogP contribution in [0.2, 0.25) is 0 Å². The van der Waals surface area contributed by atoms with E-state index in [2.05, 4.69) is 27.5 Å². The van der Waals surface area contributed by atoms with Crippen LogP contribution in [0.4, 0.5) is 17.5 Å². The smallest absolute Gasteiger partial charge is 0.258 e. The molecule has 8 heteroatoms. The highest BCUT2D eigenvalue weighted by Crippen LogP contribution is 2.31. The molecule has 2 aliphatic rings.